The fourth-order valence-electron chi connectivity index (χ4n) is 2.85. The number of thiazole rings is 1. The molecule has 1 saturated heterocycles. The largest absolute Gasteiger partial charge is 0.298 e. The summed E-state index contributed by atoms with van der Waals surface area (Å²) < 4.78 is 27.0. The van der Waals surface area contributed by atoms with Crippen molar-refractivity contribution >= 4 is 32.4 Å². The van der Waals surface area contributed by atoms with Crippen molar-refractivity contribution in [3.8, 4) is 0 Å². The Morgan fingerprint density at radius 3 is 2.35 bits per heavy atom. The third kappa shape index (κ3) is 3.97. The number of amides is 1. The number of aromatic nitrogens is 1. The Labute approximate surface area is 158 Å². The van der Waals surface area contributed by atoms with Gasteiger partial charge in [0.2, 0.25) is 10.0 Å². The van der Waals surface area contributed by atoms with Crippen LogP contribution in [0.4, 0.5) is 5.13 Å². The highest BCUT2D eigenvalue weighted by molar-refractivity contribution is 7.89. The van der Waals surface area contributed by atoms with Crippen molar-refractivity contribution in [2.75, 3.05) is 18.4 Å². The van der Waals surface area contributed by atoms with Crippen LogP contribution in [0.25, 0.3) is 0 Å². The van der Waals surface area contributed by atoms with Crippen LogP contribution in [-0.2, 0) is 10.0 Å². The van der Waals surface area contributed by atoms with Crippen molar-refractivity contribution in [2.24, 2.45) is 5.92 Å². The van der Waals surface area contributed by atoms with Gasteiger partial charge in [0.25, 0.3) is 5.91 Å². The third-order valence-corrected chi connectivity index (χ3v) is 7.65. The predicted octanol–water partition coefficient (Wildman–Crippen LogP) is 3.43. The average molecular weight is 394 g/mol. The van der Waals surface area contributed by atoms with E-state index in [1.807, 2.05) is 13.8 Å². The summed E-state index contributed by atoms with van der Waals surface area (Å²) in [5.41, 5.74) is 1.30. The summed E-state index contributed by atoms with van der Waals surface area (Å²) in [5.74, 6) is 0.264. The number of carbonyl (C=O) groups is 1. The second-order valence-corrected chi connectivity index (χ2v) is 9.87. The highest BCUT2D eigenvalue weighted by Gasteiger charge is 2.28. The molecule has 0 radical (unpaired) electrons. The Morgan fingerprint density at radius 2 is 1.81 bits per heavy atom. The molecule has 1 aromatic carbocycles. The highest BCUT2D eigenvalue weighted by atomic mass is 32.2. The number of hydrogen-bond acceptors (Lipinski definition) is 5. The number of anilines is 1. The normalized spacial score (nSPS) is 16.6. The zero-order valence-electron chi connectivity index (χ0n) is 15.2. The molecule has 26 heavy (non-hydrogen) atoms. The standard InChI is InChI=1S/C18H23N3O3S2/c1-12-8-10-21(11-9-12)26(23,24)16-6-4-15(5-7-16)17(22)20-18-19-13(2)14(3)25-18/h4-7,12H,8-11H2,1-3H3,(H,19,20,22). The number of nitrogens with one attached hydrogen (secondary N) is 1. The molecule has 3 rings (SSSR count). The van der Waals surface area contributed by atoms with Gasteiger partial charge in [-0.05, 0) is 56.9 Å². The number of piperidine rings is 1. The summed E-state index contributed by atoms with van der Waals surface area (Å²) in [7, 11) is -3.50. The first-order valence-electron chi connectivity index (χ1n) is 8.63. The first-order valence-corrected chi connectivity index (χ1v) is 10.9. The van der Waals surface area contributed by atoms with Gasteiger partial charge in [-0.25, -0.2) is 13.4 Å². The van der Waals surface area contributed by atoms with Crippen molar-refractivity contribution in [1.29, 1.82) is 0 Å². The van der Waals surface area contributed by atoms with E-state index in [-0.39, 0.29) is 10.8 Å². The van der Waals surface area contributed by atoms with Gasteiger partial charge in [0, 0.05) is 23.5 Å². The number of sulfonamides is 1. The highest BCUT2D eigenvalue weighted by Crippen LogP contribution is 2.24. The molecule has 0 bridgehead atoms. The topological polar surface area (TPSA) is 79.4 Å². The number of rotatable bonds is 4. The van der Waals surface area contributed by atoms with E-state index in [1.54, 1.807) is 12.1 Å². The number of aryl methyl sites for hydroxylation is 2. The maximum atomic E-state index is 12.7. The molecular weight excluding hydrogens is 370 g/mol. The molecule has 0 spiro atoms. The average Bonchev–Trinajstić information content (AvgIpc) is 2.92. The van der Waals surface area contributed by atoms with Crippen LogP contribution in [-0.4, -0.2) is 36.7 Å². The minimum Gasteiger partial charge on any atom is -0.298 e. The summed E-state index contributed by atoms with van der Waals surface area (Å²) in [6.07, 6.45) is 1.76. The maximum absolute atomic E-state index is 12.7. The van der Waals surface area contributed by atoms with E-state index in [0.717, 1.165) is 23.4 Å². The Balaban J connectivity index is 1.72. The lowest BCUT2D eigenvalue weighted by atomic mass is 10.0. The van der Waals surface area contributed by atoms with Gasteiger partial charge in [-0.2, -0.15) is 4.31 Å². The van der Waals surface area contributed by atoms with E-state index < -0.39 is 10.0 Å². The van der Waals surface area contributed by atoms with Crippen LogP contribution in [0.5, 0.6) is 0 Å². The lowest BCUT2D eigenvalue weighted by Crippen LogP contribution is -2.37. The second kappa shape index (κ2) is 7.46. The van der Waals surface area contributed by atoms with Gasteiger partial charge < -0.3 is 0 Å². The van der Waals surface area contributed by atoms with E-state index in [0.29, 0.717) is 29.7 Å². The molecular formula is C18H23N3O3S2. The predicted molar refractivity (Wildman–Crippen MR) is 103 cm³/mol. The Hall–Kier alpha value is -1.77. The molecule has 0 aliphatic carbocycles. The Kier molecular flexibility index (Phi) is 5.45. The van der Waals surface area contributed by atoms with Crippen LogP contribution in [0, 0.1) is 19.8 Å². The molecule has 2 aromatic rings. The quantitative estimate of drug-likeness (QED) is 0.863. The van der Waals surface area contributed by atoms with Gasteiger partial charge in [0.05, 0.1) is 10.6 Å². The van der Waals surface area contributed by atoms with Gasteiger partial charge >= 0.3 is 0 Å². The number of benzene rings is 1. The van der Waals surface area contributed by atoms with Gasteiger partial charge in [-0.15, -0.1) is 11.3 Å². The van der Waals surface area contributed by atoms with Crippen molar-refractivity contribution in [2.45, 2.75) is 38.5 Å². The first-order chi connectivity index (χ1) is 12.3. The summed E-state index contributed by atoms with van der Waals surface area (Å²) >= 11 is 1.42. The van der Waals surface area contributed by atoms with Crippen molar-refractivity contribution < 1.29 is 13.2 Å². The van der Waals surface area contributed by atoms with Gasteiger partial charge in [-0.1, -0.05) is 6.92 Å². The molecule has 0 atom stereocenters. The molecule has 1 fully saturated rings. The summed E-state index contributed by atoms with van der Waals surface area (Å²) in [6.45, 7) is 7.08. The zero-order chi connectivity index (χ0) is 18.9. The molecule has 1 amide bonds. The number of hydrogen-bond donors (Lipinski definition) is 1. The Bertz CT molecular complexity index is 877. The lowest BCUT2D eigenvalue weighted by molar-refractivity contribution is 0.102. The molecule has 140 valence electrons. The minimum absolute atomic E-state index is 0.226. The SMILES string of the molecule is Cc1nc(NC(=O)c2ccc(S(=O)(=O)N3CCC(C)CC3)cc2)sc1C. The van der Waals surface area contributed by atoms with E-state index >= 15 is 0 Å². The Morgan fingerprint density at radius 1 is 1.19 bits per heavy atom. The van der Waals surface area contributed by atoms with E-state index in [9.17, 15) is 13.2 Å². The van der Waals surface area contributed by atoms with Crippen LogP contribution >= 0.6 is 11.3 Å². The fourth-order valence-corrected chi connectivity index (χ4v) is 5.13. The van der Waals surface area contributed by atoms with Crippen LogP contribution in [0.1, 0.15) is 40.7 Å². The summed E-state index contributed by atoms with van der Waals surface area (Å²) in [4.78, 5) is 17.9. The molecule has 2 heterocycles. The molecule has 0 saturated carbocycles. The van der Waals surface area contributed by atoms with E-state index in [4.69, 9.17) is 0 Å². The minimum atomic E-state index is -3.50. The molecule has 1 N–H and O–H groups in total. The number of carbonyl (C=O) groups excluding carboxylic acids is 1. The number of nitrogens with zero attached hydrogens (tertiary/aromatic N) is 2. The molecule has 6 nitrogen and oxygen atoms in total. The monoisotopic (exact) mass is 393 g/mol. The third-order valence-electron chi connectivity index (χ3n) is 4.75. The molecule has 1 aromatic heterocycles. The van der Waals surface area contributed by atoms with Gasteiger partial charge in [0.15, 0.2) is 5.13 Å². The van der Waals surface area contributed by atoms with Crippen LogP contribution < -0.4 is 5.32 Å². The van der Waals surface area contributed by atoms with Crippen molar-refractivity contribution in [3.05, 3.63) is 40.4 Å². The fraction of sp³-hybridized carbons (Fsp3) is 0.444. The first kappa shape index (κ1) is 19.0. The molecule has 8 heteroatoms. The smallest absolute Gasteiger partial charge is 0.257 e. The van der Waals surface area contributed by atoms with Gasteiger partial charge in [-0.3, -0.25) is 10.1 Å². The van der Waals surface area contributed by atoms with Crippen LogP contribution in [0.3, 0.4) is 0 Å². The summed E-state index contributed by atoms with van der Waals surface area (Å²) in [6, 6.07) is 6.09. The summed E-state index contributed by atoms with van der Waals surface area (Å²) in [5, 5.41) is 3.30. The van der Waals surface area contributed by atoms with E-state index in [1.165, 1.54) is 27.8 Å². The van der Waals surface area contributed by atoms with E-state index in [2.05, 4.69) is 17.2 Å². The van der Waals surface area contributed by atoms with Crippen LogP contribution in [0.2, 0.25) is 0 Å². The molecule has 1 aliphatic heterocycles. The molecule has 0 unspecified atom stereocenters. The van der Waals surface area contributed by atoms with Crippen molar-refractivity contribution in [1.82, 2.24) is 9.29 Å². The van der Waals surface area contributed by atoms with Gasteiger partial charge in [0.1, 0.15) is 0 Å². The van der Waals surface area contributed by atoms with Crippen LogP contribution in [0.15, 0.2) is 29.2 Å². The van der Waals surface area contributed by atoms with Crippen molar-refractivity contribution in [3.63, 3.8) is 0 Å². The second-order valence-electron chi connectivity index (χ2n) is 6.73. The maximum Gasteiger partial charge on any atom is 0.257 e. The zero-order valence-corrected chi connectivity index (χ0v) is 16.8. The lowest BCUT2D eigenvalue weighted by Gasteiger charge is -2.29. The molecule has 1 aliphatic rings.